The topological polar surface area (TPSA) is 9.23 Å². The molecule has 0 aliphatic carbocycles. The zero-order valence-corrected chi connectivity index (χ0v) is 7.99. The van der Waals surface area contributed by atoms with Gasteiger partial charge < -0.3 is 4.74 Å². The lowest BCUT2D eigenvalue weighted by Gasteiger charge is -2.17. The summed E-state index contributed by atoms with van der Waals surface area (Å²) in [4.78, 5) is 0. The van der Waals surface area contributed by atoms with Crippen LogP contribution in [0.3, 0.4) is 0 Å². The van der Waals surface area contributed by atoms with Crippen molar-refractivity contribution in [2.75, 3.05) is 0 Å². The average molecular weight is 184 g/mol. The first-order valence-corrected chi connectivity index (χ1v) is 4.78. The molecule has 1 aromatic carbocycles. The lowest BCUT2D eigenvalue weighted by atomic mass is 10.1. The molecule has 1 aliphatic rings. The molecule has 1 heteroatoms. The Labute approximate surface area is 84.4 Å². The summed E-state index contributed by atoms with van der Waals surface area (Å²) >= 11 is 0. The maximum Gasteiger partial charge on any atom is 0.130 e. The van der Waals surface area contributed by atoms with Crippen molar-refractivity contribution < 1.29 is 4.74 Å². The molecule has 0 amide bonds. The van der Waals surface area contributed by atoms with Gasteiger partial charge in [-0.05, 0) is 24.1 Å². The smallest absolute Gasteiger partial charge is 0.130 e. The molecule has 0 bridgehead atoms. The van der Waals surface area contributed by atoms with Crippen molar-refractivity contribution in [2.45, 2.75) is 19.3 Å². The first-order chi connectivity index (χ1) is 6.90. The molecule has 0 atom stereocenters. The second kappa shape index (κ2) is 4.02. The summed E-state index contributed by atoms with van der Waals surface area (Å²) in [5.74, 6) is 4.59. The Morgan fingerprint density at radius 2 is 2.21 bits per heavy atom. The first-order valence-electron chi connectivity index (χ1n) is 4.78. The monoisotopic (exact) mass is 184 g/mol. The van der Waals surface area contributed by atoms with Gasteiger partial charge >= 0.3 is 0 Å². The van der Waals surface area contributed by atoms with E-state index in [1.54, 1.807) is 0 Å². The fourth-order valence-electron chi connectivity index (χ4n) is 1.53. The molecule has 1 aromatic rings. The molecule has 14 heavy (non-hydrogen) atoms. The van der Waals surface area contributed by atoms with Gasteiger partial charge in [-0.25, -0.2) is 0 Å². The third-order valence-corrected chi connectivity index (χ3v) is 2.28. The van der Waals surface area contributed by atoms with Crippen molar-refractivity contribution >= 4 is 0 Å². The van der Waals surface area contributed by atoms with Crippen molar-refractivity contribution in [1.29, 1.82) is 0 Å². The quantitative estimate of drug-likeness (QED) is 0.642. The minimum absolute atomic E-state index is 0.744. The lowest BCUT2D eigenvalue weighted by molar-refractivity contribution is 0.390. The van der Waals surface area contributed by atoms with Gasteiger partial charge in [0.15, 0.2) is 0 Å². The minimum atomic E-state index is 0.744. The number of para-hydroxylation sites is 1. The van der Waals surface area contributed by atoms with E-state index in [-0.39, 0.29) is 0 Å². The normalized spacial score (nSPS) is 13.5. The molecule has 0 fully saturated rings. The predicted octanol–water partition coefficient (Wildman–Crippen LogP) is 2.92. The van der Waals surface area contributed by atoms with Crippen LogP contribution in [0.1, 0.15) is 18.4 Å². The predicted molar refractivity (Wildman–Crippen MR) is 56.9 cm³/mol. The number of allylic oxidation sites excluding steroid dienone is 2. The van der Waals surface area contributed by atoms with Gasteiger partial charge in [-0.3, -0.25) is 0 Å². The van der Waals surface area contributed by atoms with Gasteiger partial charge in [0.25, 0.3) is 0 Å². The molecule has 0 N–H and O–H groups in total. The molecule has 0 radical (unpaired) electrons. The Balaban J connectivity index is 2.10. The third kappa shape index (κ3) is 1.80. The summed E-state index contributed by atoms with van der Waals surface area (Å²) in [7, 11) is 0. The fourth-order valence-corrected chi connectivity index (χ4v) is 1.53. The van der Waals surface area contributed by atoms with E-state index in [0.717, 1.165) is 30.8 Å². The second-order valence-electron chi connectivity index (χ2n) is 3.29. The molecule has 2 rings (SSSR count). The standard InChI is InChI=1S/C13H12O/c1-2-3-7-12-10-9-11-6-4-5-8-13(11)14-12/h1,4-6,8,10H,3,7,9H2. The molecule has 0 saturated carbocycles. The summed E-state index contributed by atoms with van der Waals surface area (Å²) in [6, 6.07) is 8.10. The first kappa shape index (κ1) is 8.90. The summed E-state index contributed by atoms with van der Waals surface area (Å²) < 4.78 is 5.70. The van der Waals surface area contributed by atoms with Crippen molar-refractivity contribution in [1.82, 2.24) is 0 Å². The van der Waals surface area contributed by atoms with Crippen LogP contribution in [-0.4, -0.2) is 0 Å². The molecular weight excluding hydrogens is 172 g/mol. The molecule has 0 saturated heterocycles. The molecule has 0 unspecified atom stereocenters. The van der Waals surface area contributed by atoms with Crippen molar-refractivity contribution in [3.05, 3.63) is 41.7 Å². The van der Waals surface area contributed by atoms with Crippen LogP contribution in [0.25, 0.3) is 0 Å². The maximum absolute atomic E-state index is 5.70. The minimum Gasteiger partial charge on any atom is -0.462 e. The molecular formula is C13H12O. The Kier molecular flexibility index (Phi) is 2.55. The van der Waals surface area contributed by atoms with E-state index in [0.29, 0.717) is 0 Å². The molecule has 1 aliphatic heterocycles. The highest BCUT2D eigenvalue weighted by Gasteiger charge is 2.10. The highest BCUT2D eigenvalue weighted by atomic mass is 16.5. The van der Waals surface area contributed by atoms with Crippen LogP contribution in [0.2, 0.25) is 0 Å². The van der Waals surface area contributed by atoms with E-state index in [1.807, 2.05) is 18.2 Å². The van der Waals surface area contributed by atoms with Gasteiger partial charge in [0.2, 0.25) is 0 Å². The number of benzene rings is 1. The summed E-state index contributed by atoms with van der Waals surface area (Å²) in [5.41, 5.74) is 1.25. The Bertz CT molecular complexity index is 396. The van der Waals surface area contributed by atoms with Gasteiger partial charge in [-0.2, -0.15) is 0 Å². The van der Waals surface area contributed by atoms with Crippen LogP contribution in [0.15, 0.2) is 36.1 Å². The zero-order chi connectivity index (χ0) is 9.80. The molecule has 0 aromatic heterocycles. The number of hydrogen-bond donors (Lipinski definition) is 0. The highest BCUT2D eigenvalue weighted by molar-refractivity contribution is 5.38. The number of ether oxygens (including phenoxy) is 1. The third-order valence-electron chi connectivity index (χ3n) is 2.28. The fraction of sp³-hybridized carbons (Fsp3) is 0.231. The number of terminal acetylenes is 1. The second-order valence-corrected chi connectivity index (χ2v) is 3.29. The van der Waals surface area contributed by atoms with Crippen LogP contribution in [-0.2, 0) is 6.42 Å². The molecule has 70 valence electrons. The molecule has 1 heterocycles. The van der Waals surface area contributed by atoms with E-state index in [4.69, 9.17) is 11.2 Å². The zero-order valence-electron chi connectivity index (χ0n) is 7.99. The van der Waals surface area contributed by atoms with E-state index in [1.165, 1.54) is 5.56 Å². The van der Waals surface area contributed by atoms with Crippen molar-refractivity contribution in [2.24, 2.45) is 0 Å². The number of fused-ring (bicyclic) bond motifs is 1. The largest absolute Gasteiger partial charge is 0.462 e. The van der Waals surface area contributed by atoms with Crippen LogP contribution < -0.4 is 4.74 Å². The van der Waals surface area contributed by atoms with Crippen molar-refractivity contribution in [3.8, 4) is 18.1 Å². The van der Waals surface area contributed by atoms with E-state index >= 15 is 0 Å². The number of rotatable bonds is 2. The molecule has 0 spiro atoms. The summed E-state index contributed by atoms with van der Waals surface area (Å²) in [5, 5.41) is 0. The summed E-state index contributed by atoms with van der Waals surface area (Å²) in [6.07, 6.45) is 9.85. The summed E-state index contributed by atoms with van der Waals surface area (Å²) in [6.45, 7) is 0. The van der Waals surface area contributed by atoms with E-state index in [2.05, 4.69) is 18.1 Å². The molecule has 1 nitrogen and oxygen atoms in total. The van der Waals surface area contributed by atoms with Gasteiger partial charge in [0.05, 0.1) is 0 Å². The van der Waals surface area contributed by atoms with Crippen LogP contribution in [0.4, 0.5) is 0 Å². The van der Waals surface area contributed by atoms with Crippen LogP contribution >= 0.6 is 0 Å². The van der Waals surface area contributed by atoms with E-state index < -0.39 is 0 Å². The maximum atomic E-state index is 5.70. The van der Waals surface area contributed by atoms with Gasteiger partial charge in [0, 0.05) is 12.8 Å². The Morgan fingerprint density at radius 1 is 1.36 bits per heavy atom. The van der Waals surface area contributed by atoms with Gasteiger partial charge in [-0.15, -0.1) is 12.3 Å². The lowest BCUT2D eigenvalue weighted by Crippen LogP contribution is -2.04. The SMILES string of the molecule is C#CCCC1=CCc2ccccc2O1. The van der Waals surface area contributed by atoms with Crippen molar-refractivity contribution in [3.63, 3.8) is 0 Å². The number of hydrogen-bond acceptors (Lipinski definition) is 1. The Morgan fingerprint density at radius 3 is 3.07 bits per heavy atom. The van der Waals surface area contributed by atoms with Crippen LogP contribution in [0.5, 0.6) is 5.75 Å². The van der Waals surface area contributed by atoms with E-state index in [9.17, 15) is 0 Å². The van der Waals surface area contributed by atoms with Gasteiger partial charge in [0.1, 0.15) is 11.5 Å². The Hall–Kier alpha value is -1.68. The highest BCUT2D eigenvalue weighted by Crippen LogP contribution is 2.27. The average Bonchev–Trinajstić information content (AvgIpc) is 2.26. The van der Waals surface area contributed by atoms with Gasteiger partial charge in [-0.1, -0.05) is 18.2 Å². The van der Waals surface area contributed by atoms with Crippen LogP contribution in [0, 0.1) is 12.3 Å².